The third kappa shape index (κ3) is 11.7. The Bertz CT molecular complexity index is 745. The van der Waals surface area contributed by atoms with E-state index >= 15 is 0 Å². The quantitative estimate of drug-likeness (QED) is 0.487. The smallest absolute Gasteiger partial charge is 0.414 e. The fraction of sp³-hybridized carbons (Fsp3) is 0.591. The second kappa shape index (κ2) is 15.1. The van der Waals surface area contributed by atoms with Crippen LogP contribution >= 0.6 is 23.2 Å². The zero-order chi connectivity index (χ0) is 24.1. The standard InChI is InChI=1S/C20H31Cl2N3O.C2H2O4/c1-23(10-6-14-25-12-3-4-13-25)9-5-11-24(2)20(26)16-17-7-8-18(21)19(22)15-17;3-1(4)2(5)6/h7-8,15H,3-6,9-14,16H2,1-2H3;(H,3,4)(H,5,6). The summed E-state index contributed by atoms with van der Waals surface area (Å²) < 4.78 is 0. The molecular formula is C22H33Cl2N3O5. The van der Waals surface area contributed by atoms with E-state index in [1.54, 1.807) is 17.0 Å². The fourth-order valence-electron chi connectivity index (χ4n) is 3.34. The Hall–Kier alpha value is -1.87. The average molecular weight is 490 g/mol. The van der Waals surface area contributed by atoms with Crippen molar-refractivity contribution < 1.29 is 24.6 Å². The van der Waals surface area contributed by atoms with E-state index in [1.807, 2.05) is 13.1 Å². The number of likely N-dealkylation sites (N-methyl/N-ethyl adjacent to an activating group) is 1. The number of nitrogens with zero attached hydrogens (tertiary/aromatic N) is 3. The van der Waals surface area contributed by atoms with Crippen LogP contribution in [-0.2, 0) is 20.8 Å². The number of hydrogen-bond acceptors (Lipinski definition) is 5. The maximum absolute atomic E-state index is 12.3. The Morgan fingerprint density at radius 3 is 2.09 bits per heavy atom. The van der Waals surface area contributed by atoms with Gasteiger partial charge in [-0.3, -0.25) is 4.79 Å². The van der Waals surface area contributed by atoms with Crippen molar-refractivity contribution >= 4 is 41.0 Å². The molecule has 0 aromatic heterocycles. The summed E-state index contributed by atoms with van der Waals surface area (Å²) in [7, 11) is 4.04. The zero-order valence-corrected chi connectivity index (χ0v) is 20.2. The van der Waals surface area contributed by atoms with Crippen molar-refractivity contribution in [2.75, 3.05) is 53.4 Å². The van der Waals surface area contributed by atoms with Gasteiger partial charge in [-0.05, 0) is 83.2 Å². The van der Waals surface area contributed by atoms with E-state index in [0.29, 0.717) is 16.5 Å². The maximum atomic E-state index is 12.3. The molecule has 1 aliphatic heterocycles. The highest BCUT2D eigenvalue weighted by Gasteiger charge is 2.12. The molecule has 0 aliphatic carbocycles. The van der Waals surface area contributed by atoms with Crippen molar-refractivity contribution in [3.8, 4) is 0 Å². The first-order chi connectivity index (χ1) is 15.1. The Kier molecular flexibility index (Phi) is 13.2. The van der Waals surface area contributed by atoms with Crippen molar-refractivity contribution in [1.82, 2.24) is 14.7 Å². The largest absolute Gasteiger partial charge is 0.473 e. The molecule has 0 unspecified atom stereocenters. The fourth-order valence-corrected chi connectivity index (χ4v) is 3.66. The highest BCUT2D eigenvalue weighted by molar-refractivity contribution is 6.42. The van der Waals surface area contributed by atoms with Crippen LogP contribution in [0.25, 0.3) is 0 Å². The minimum Gasteiger partial charge on any atom is -0.473 e. The molecule has 1 saturated heterocycles. The lowest BCUT2D eigenvalue weighted by Crippen LogP contribution is -2.32. The second-order valence-corrected chi connectivity index (χ2v) is 8.72. The number of carbonyl (C=O) groups excluding carboxylic acids is 1. The van der Waals surface area contributed by atoms with Gasteiger partial charge in [0.2, 0.25) is 5.91 Å². The molecule has 2 rings (SSSR count). The van der Waals surface area contributed by atoms with Crippen LogP contribution in [-0.4, -0.2) is 96.1 Å². The van der Waals surface area contributed by atoms with Gasteiger partial charge in [-0.25, -0.2) is 9.59 Å². The number of rotatable bonds is 10. The lowest BCUT2D eigenvalue weighted by atomic mass is 10.1. The van der Waals surface area contributed by atoms with Crippen LogP contribution in [0.2, 0.25) is 10.0 Å². The van der Waals surface area contributed by atoms with Crippen LogP contribution < -0.4 is 0 Å². The number of halogens is 2. The van der Waals surface area contributed by atoms with Crippen LogP contribution in [0.1, 0.15) is 31.2 Å². The summed E-state index contributed by atoms with van der Waals surface area (Å²) in [5, 5.41) is 15.8. The van der Waals surface area contributed by atoms with Crippen LogP contribution in [0.3, 0.4) is 0 Å². The molecule has 8 nitrogen and oxygen atoms in total. The van der Waals surface area contributed by atoms with Gasteiger partial charge in [-0.1, -0.05) is 29.3 Å². The minimum absolute atomic E-state index is 0.111. The molecule has 0 atom stereocenters. The van der Waals surface area contributed by atoms with Gasteiger partial charge >= 0.3 is 11.9 Å². The Morgan fingerprint density at radius 1 is 0.938 bits per heavy atom. The van der Waals surface area contributed by atoms with Crippen LogP contribution in [0.5, 0.6) is 0 Å². The Morgan fingerprint density at radius 2 is 1.53 bits per heavy atom. The van der Waals surface area contributed by atoms with E-state index in [1.165, 1.54) is 38.9 Å². The SMILES string of the molecule is CN(CCCN1CCCC1)CCCN(C)C(=O)Cc1ccc(Cl)c(Cl)c1.O=C(O)C(=O)O. The number of carboxylic acids is 2. The summed E-state index contributed by atoms with van der Waals surface area (Å²) in [4.78, 5) is 37.3. The molecule has 0 radical (unpaired) electrons. The van der Waals surface area contributed by atoms with Gasteiger partial charge in [0.15, 0.2) is 0 Å². The molecule has 2 N–H and O–H groups in total. The number of likely N-dealkylation sites (tertiary alicyclic amines) is 1. The van der Waals surface area contributed by atoms with Gasteiger partial charge in [0.25, 0.3) is 0 Å². The molecule has 0 bridgehead atoms. The van der Waals surface area contributed by atoms with Crippen LogP contribution in [0.4, 0.5) is 0 Å². The molecule has 1 aliphatic rings. The molecule has 1 fully saturated rings. The van der Waals surface area contributed by atoms with E-state index in [0.717, 1.165) is 31.6 Å². The molecule has 1 aromatic carbocycles. The van der Waals surface area contributed by atoms with Gasteiger partial charge in [0, 0.05) is 13.6 Å². The average Bonchev–Trinajstić information content (AvgIpc) is 3.24. The number of carboxylic acid groups (broad SMARTS) is 2. The number of benzene rings is 1. The maximum Gasteiger partial charge on any atom is 0.414 e. The number of aliphatic carboxylic acids is 2. The van der Waals surface area contributed by atoms with Crippen molar-refractivity contribution in [2.24, 2.45) is 0 Å². The number of carbonyl (C=O) groups is 3. The topological polar surface area (TPSA) is 101 Å². The molecule has 0 saturated carbocycles. The first-order valence-electron chi connectivity index (χ1n) is 10.6. The summed E-state index contributed by atoms with van der Waals surface area (Å²) in [6.45, 7) is 6.68. The van der Waals surface area contributed by atoms with Gasteiger partial charge in [0.05, 0.1) is 16.5 Å². The second-order valence-electron chi connectivity index (χ2n) is 7.91. The van der Waals surface area contributed by atoms with Crippen molar-refractivity contribution in [1.29, 1.82) is 0 Å². The van der Waals surface area contributed by atoms with Gasteiger partial charge in [-0.2, -0.15) is 0 Å². The van der Waals surface area contributed by atoms with Gasteiger partial charge < -0.3 is 24.9 Å². The van der Waals surface area contributed by atoms with E-state index in [-0.39, 0.29) is 5.91 Å². The van der Waals surface area contributed by atoms with Gasteiger partial charge in [0.1, 0.15) is 0 Å². The summed E-state index contributed by atoms with van der Waals surface area (Å²) in [6, 6.07) is 5.36. The molecule has 0 spiro atoms. The summed E-state index contributed by atoms with van der Waals surface area (Å²) in [5.74, 6) is -3.54. The third-order valence-electron chi connectivity index (χ3n) is 5.19. The van der Waals surface area contributed by atoms with E-state index in [2.05, 4.69) is 16.8 Å². The summed E-state index contributed by atoms with van der Waals surface area (Å²) in [6.07, 6.45) is 5.29. The molecule has 10 heteroatoms. The van der Waals surface area contributed by atoms with E-state index < -0.39 is 11.9 Å². The first-order valence-corrected chi connectivity index (χ1v) is 11.4. The predicted molar refractivity (Wildman–Crippen MR) is 125 cm³/mol. The number of amides is 1. The Labute approximate surface area is 199 Å². The lowest BCUT2D eigenvalue weighted by Gasteiger charge is -2.22. The lowest BCUT2D eigenvalue weighted by molar-refractivity contribution is -0.159. The molecular weight excluding hydrogens is 457 g/mol. The van der Waals surface area contributed by atoms with Gasteiger partial charge in [-0.15, -0.1) is 0 Å². The number of hydrogen-bond donors (Lipinski definition) is 2. The molecule has 32 heavy (non-hydrogen) atoms. The Balaban J connectivity index is 0.000000751. The zero-order valence-electron chi connectivity index (χ0n) is 18.7. The molecule has 1 aromatic rings. The van der Waals surface area contributed by atoms with Crippen molar-refractivity contribution in [3.63, 3.8) is 0 Å². The molecule has 180 valence electrons. The van der Waals surface area contributed by atoms with Crippen molar-refractivity contribution in [2.45, 2.75) is 32.1 Å². The molecule has 1 amide bonds. The van der Waals surface area contributed by atoms with Crippen molar-refractivity contribution in [3.05, 3.63) is 33.8 Å². The predicted octanol–water partition coefficient (Wildman–Crippen LogP) is 2.96. The first kappa shape index (κ1) is 28.2. The normalized spacial score (nSPS) is 13.5. The van der Waals surface area contributed by atoms with E-state index in [9.17, 15) is 4.79 Å². The third-order valence-corrected chi connectivity index (χ3v) is 5.93. The van der Waals surface area contributed by atoms with Crippen LogP contribution in [0.15, 0.2) is 18.2 Å². The molecule has 1 heterocycles. The minimum atomic E-state index is -1.82. The highest BCUT2D eigenvalue weighted by Crippen LogP contribution is 2.23. The highest BCUT2D eigenvalue weighted by atomic mass is 35.5. The van der Waals surface area contributed by atoms with Crippen LogP contribution in [0, 0.1) is 0 Å². The van der Waals surface area contributed by atoms with E-state index in [4.69, 9.17) is 43.0 Å². The summed E-state index contributed by atoms with van der Waals surface area (Å²) in [5.41, 5.74) is 0.898. The monoisotopic (exact) mass is 489 g/mol. The summed E-state index contributed by atoms with van der Waals surface area (Å²) >= 11 is 11.9.